The third-order valence-electron chi connectivity index (χ3n) is 3.58. The highest BCUT2D eigenvalue weighted by Gasteiger charge is 2.13. The van der Waals surface area contributed by atoms with Crippen molar-refractivity contribution in [1.82, 2.24) is 15.4 Å². The van der Waals surface area contributed by atoms with Crippen molar-refractivity contribution in [3.63, 3.8) is 0 Å². The van der Waals surface area contributed by atoms with E-state index in [1.807, 2.05) is 19.1 Å². The first kappa shape index (κ1) is 17.3. The fourth-order valence-corrected chi connectivity index (χ4v) is 2.38. The zero-order chi connectivity index (χ0) is 18.5. The number of hydrazine groups is 1. The fraction of sp³-hybridized carbons (Fsp3) is 0.167. The van der Waals surface area contributed by atoms with Crippen LogP contribution in [-0.4, -0.2) is 23.0 Å². The number of nitrogens with one attached hydrogen (secondary N) is 2. The molecule has 0 atom stereocenters. The lowest BCUT2D eigenvalue weighted by molar-refractivity contribution is -0.130. The molecular weight excluding hydrogens is 338 g/mol. The number of hydrogen-bond donors (Lipinski definition) is 2. The number of rotatable bonds is 5. The van der Waals surface area contributed by atoms with Crippen molar-refractivity contribution in [3.8, 4) is 5.75 Å². The maximum Gasteiger partial charge on any atom is 0.420 e. The number of oxazole rings is 1. The van der Waals surface area contributed by atoms with Gasteiger partial charge in [0.2, 0.25) is 0 Å². The molecule has 8 heteroatoms. The van der Waals surface area contributed by atoms with E-state index in [0.717, 1.165) is 5.56 Å². The number of ether oxygens (including phenoxy) is 1. The number of carbonyl (C=O) groups is 2. The van der Waals surface area contributed by atoms with E-state index in [9.17, 15) is 14.4 Å². The molecule has 8 nitrogen and oxygen atoms in total. The number of amides is 2. The van der Waals surface area contributed by atoms with Crippen molar-refractivity contribution in [2.24, 2.45) is 0 Å². The van der Waals surface area contributed by atoms with Crippen LogP contribution in [-0.2, 0) is 16.1 Å². The summed E-state index contributed by atoms with van der Waals surface area (Å²) < 4.78 is 11.6. The van der Waals surface area contributed by atoms with E-state index in [2.05, 4.69) is 10.9 Å². The van der Waals surface area contributed by atoms with Gasteiger partial charge in [-0.1, -0.05) is 24.3 Å². The molecule has 0 radical (unpaired) electrons. The second kappa shape index (κ2) is 7.56. The molecule has 0 bridgehead atoms. The standard InChI is InChI=1S/C18H17N3O5/c1-12-5-4-6-13(9-12)25-11-17(23)20-19-16(22)10-21-14-7-2-3-8-15(14)26-18(21)24/h2-9H,10-11H2,1H3,(H,19,22)(H,20,23). The minimum atomic E-state index is -0.643. The van der Waals surface area contributed by atoms with E-state index in [1.165, 1.54) is 4.57 Å². The summed E-state index contributed by atoms with van der Waals surface area (Å²) in [4.78, 5) is 35.5. The molecule has 1 heterocycles. The van der Waals surface area contributed by atoms with Crippen molar-refractivity contribution in [2.75, 3.05) is 6.61 Å². The van der Waals surface area contributed by atoms with Gasteiger partial charge in [-0.3, -0.25) is 25.0 Å². The first-order valence-electron chi connectivity index (χ1n) is 7.88. The molecule has 1 aromatic heterocycles. The van der Waals surface area contributed by atoms with E-state index in [4.69, 9.17) is 9.15 Å². The van der Waals surface area contributed by atoms with Crippen LogP contribution in [0.5, 0.6) is 5.75 Å². The highest BCUT2D eigenvalue weighted by atomic mass is 16.5. The molecular formula is C18H17N3O5. The van der Waals surface area contributed by atoms with Crippen LogP contribution in [0.15, 0.2) is 57.7 Å². The second-order valence-corrected chi connectivity index (χ2v) is 5.62. The summed E-state index contributed by atoms with van der Waals surface area (Å²) in [6.07, 6.45) is 0. The van der Waals surface area contributed by atoms with Crippen LogP contribution in [0.2, 0.25) is 0 Å². The molecule has 0 aliphatic heterocycles. The highest BCUT2D eigenvalue weighted by molar-refractivity contribution is 5.83. The van der Waals surface area contributed by atoms with E-state index >= 15 is 0 Å². The van der Waals surface area contributed by atoms with Gasteiger partial charge in [0, 0.05) is 0 Å². The van der Waals surface area contributed by atoms with Crippen LogP contribution in [0.1, 0.15) is 5.56 Å². The van der Waals surface area contributed by atoms with Crippen molar-refractivity contribution in [3.05, 3.63) is 64.6 Å². The molecule has 0 unspecified atom stereocenters. The van der Waals surface area contributed by atoms with Crippen molar-refractivity contribution < 1.29 is 18.7 Å². The maximum atomic E-state index is 12.0. The lowest BCUT2D eigenvalue weighted by Crippen LogP contribution is -2.45. The molecule has 2 amide bonds. The molecule has 0 saturated carbocycles. The lowest BCUT2D eigenvalue weighted by atomic mass is 10.2. The number of fused-ring (bicyclic) bond motifs is 1. The summed E-state index contributed by atoms with van der Waals surface area (Å²) >= 11 is 0. The van der Waals surface area contributed by atoms with Gasteiger partial charge in [0.25, 0.3) is 11.8 Å². The number of aryl methyl sites for hydroxylation is 1. The van der Waals surface area contributed by atoms with Crippen LogP contribution < -0.4 is 21.3 Å². The minimum Gasteiger partial charge on any atom is -0.484 e. The third-order valence-corrected chi connectivity index (χ3v) is 3.58. The summed E-state index contributed by atoms with van der Waals surface area (Å²) in [6.45, 7) is 1.38. The topological polar surface area (TPSA) is 103 Å². The summed E-state index contributed by atoms with van der Waals surface area (Å²) in [5.41, 5.74) is 6.38. The molecule has 2 N–H and O–H groups in total. The Morgan fingerprint density at radius 2 is 1.85 bits per heavy atom. The van der Waals surface area contributed by atoms with Crippen molar-refractivity contribution in [1.29, 1.82) is 0 Å². The smallest absolute Gasteiger partial charge is 0.420 e. The Morgan fingerprint density at radius 1 is 1.08 bits per heavy atom. The predicted molar refractivity (Wildman–Crippen MR) is 93.4 cm³/mol. The number of hydrogen-bond acceptors (Lipinski definition) is 5. The van der Waals surface area contributed by atoms with Crippen LogP contribution in [0.4, 0.5) is 0 Å². The average molecular weight is 355 g/mol. The predicted octanol–water partition coefficient (Wildman–Crippen LogP) is 1.13. The molecule has 2 aromatic carbocycles. The second-order valence-electron chi connectivity index (χ2n) is 5.62. The monoisotopic (exact) mass is 355 g/mol. The van der Waals surface area contributed by atoms with Gasteiger partial charge in [0.15, 0.2) is 12.2 Å². The Hall–Kier alpha value is -3.55. The van der Waals surface area contributed by atoms with Crippen LogP contribution >= 0.6 is 0 Å². The summed E-state index contributed by atoms with van der Waals surface area (Å²) in [6, 6.07) is 14.0. The van der Waals surface area contributed by atoms with Gasteiger partial charge in [-0.05, 0) is 36.8 Å². The fourth-order valence-electron chi connectivity index (χ4n) is 2.38. The zero-order valence-corrected chi connectivity index (χ0v) is 14.0. The Morgan fingerprint density at radius 3 is 2.65 bits per heavy atom. The van der Waals surface area contributed by atoms with Crippen molar-refractivity contribution in [2.45, 2.75) is 13.5 Å². The Kier molecular flexibility index (Phi) is 5.02. The van der Waals surface area contributed by atoms with E-state index in [-0.39, 0.29) is 13.2 Å². The molecule has 0 fully saturated rings. The number of para-hydroxylation sites is 2. The maximum absolute atomic E-state index is 12.0. The summed E-state index contributed by atoms with van der Waals surface area (Å²) in [5, 5.41) is 0. The quantitative estimate of drug-likeness (QED) is 0.668. The van der Waals surface area contributed by atoms with E-state index < -0.39 is 17.6 Å². The van der Waals surface area contributed by atoms with E-state index in [0.29, 0.717) is 16.8 Å². The molecule has 26 heavy (non-hydrogen) atoms. The van der Waals surface area contributed by atoms with Gasteiger partial charge in [-0.2, -0.15) is 0 Å². The zero-order valence-electron chi connectivity index (χ0n) is 14.0. The molecule has 0 spiro atoms. The largest absolute Gasteiger partial charge is 0.484 e. The SMILES string of the molecule is Cc1cccc(OCC(=O)NNC(=O)Cn2c(=O)oc3ccccc32)c1. The number of benzene rings is 2. The lowest BCUT2D eigenvalue weighted by Gasteiger charge is -2.09. The van der Waals surface area contributed by atoms with Gasteiger partial charge < -0.3 is 9.15 Å². The number of carbonyl (C=O) groups excluding carboxylic acids is 2. The van der Waals surface area contributed by atoms with Gasteiger partial charge in [-0.15, -0.1) is 0 Å². The molecule has 0 aliphatic rings. The molecule has 3 rings (SSSR count). The molecule has 3 aromatic rings. The van der Waals surface area contributed by atoms with Gasteiger partial charge >= 0.3 is 5.76 Å². The average Bonchev–Trinajstić information content (AvgIpc) is 2.94. The highest BCUT2D eigenvalue weighted by Crippen LogP contribution is 2.12. The first-order chi connectivity index (χ1) is 12.5. The number of nitrogens with zero attached hydrogens (tertiary/aromatic N) is 1. The summed E-state index contributed by atoms with van der Waals surface area (Å²) in [7, 11) is 0. The molecule has 0 aliphatic carbocycles. The van der Waals surface area contributed by atoms with Crippen LogP contribution in [0.25, 0.3) is 11.1 Å². The Bertz CT molecular complexity index is 1010. The minimum absolute atomic E-state index is 0.252. The Balaban J connectivity index is 1.51. The van der Waals surface area contributed by atoms with Crippen LogP contribution in [0, 0.1) is 6.92 Å². The molecule has 0 saturated heterocycles. The molecule has 134 valence electrons. The summed E-state index contributed by atoms with van der Waals surface area (Å²) in [5.74, 6) is -1.18. The van der Waals surface area contributed by atoms with Gasteiger partial charge in [-0.25, -0.2) is 4.79 Å². The Labute approximate surface area is 148 Å². The first-order valence-corrected chi connectivity index (χ1v) is 7.88. The number of aromatic nitrogens is 1. The van der Waals surface area contributed by atoms with E-state index in [1.54, 1.807) is 36.4 Å². The van der Waals surface area contributed by atoms with Gasteiger partial charge in [0.05, 0.1) is 5.52 Å². The third kappa shape index (κ3) is 4.10. The van der Waals surface area contributed by atoms with Gasteiger partial charge in [0.1, 0.15) is 12.3 Å². The van der Waals surface area contributed by atoms with Crippen molar-refractivity contribution >= 4 is 22.9 Å². The normalized spacial score (nSPS) is 10.5. The van der Waals surface area contributed by atoms with Crippen LogP contribution in [0.3, 0.4) is 0 Å².